The van der Waals surface area contributed by atoms with E-state index in [1.807, 2.05) is 24.3 Å². The molecule has 1 amide bonds. The Morgan fingerprint density at radius 3 is 2.08 bits per heavy atom. The third kappa shape index (κ3) is 4.41. The van der Waals surface area contributed by atoms with E-state index in [0.717, 1.165) is 10.0 Å². The first-order chi connectivity index (χ1) is 11.6. The first kappa shape index (κ1) is 18.1. The van der Waals surface area contributed by atoms with Crippen LogP contribution in [0, 0.1) is 0 Å². The molecule has 0 aliphatic rings. The van der Waals surface area contributed by atoms with Crippen molar-refractivity contribution in [2.45, 2.75) is 6.42 Å². The molecule has 1 N–H and O–H groups in total. The molecule has 0 radical (unpaired) electrons. The monoisotopic (exact) mass is 393 g/mol. The van der Waals surface area contributed by atoms with Gasteiger partial charge in [0.1, 0.15) is 0 Å². The van der Waals surface area contributed by atoms with Crippen LogP contribution in [0.3, 0.4) is 0 Å². The van der Waals surface area contributed by atoms with Gasteiger partial charge in [-0.15, -0.1) is 0 Å². The van der Waals surface area contributed by atoms with Crippen molar-refractivity contribution in [1.29, 1.82) is 0 Å². The van der Waals surface area contributed by atoms with Crippen LogP contribution in [-0.2, 0) is 6.42 Å². The zero-order valence-corrected chi connectivity index (χ0v) is 15.5. The van der Waals surface area contributed by atoms with Crippen LogP contribution in [0.25, 0.3) is 0 Å². The van der Waals surface area contributed by atoms with Crippen LogP contribution in [0.2, 0.25) is 0 Å². The SMILES string of the molecule is COc1cc(CCNC(=O)c2ccc(Br)cc2)cc(OC)c1OC. The molecule has 0 fully saturated rings. The third-order valence-corrected chi connectivity index (χ3v) is 4.06. The molecule has 0 spiro atoms. The number of hydrogen-bond donors (Lipinski definition) is 1. The second-order valence-corrected chi connectivity index (χ2v) is 5.96. The Kier molecular flexibility index (Phi) is 6.49. The van der Waals surface area contributed by atoms with Gasteiger partial charge in [-0.2, -0.15) is 0 Å². The number of amides is 1. The number of nitrogens with one attached hydrogen (secondary N) is 1. The smallest absolute Gasteiger partial charge is 0.251 e. The van der Waals surface area contributed by atoms with E-state index in [0.29, 0.717) is 35.8 Å². The van der Waals surface area contributed by atoms with Gasteiger partial charge in [0, 0.05) is 16.6 Å². The maximum absolute atomic E-state index is 12.1. The minimum atomic E-state index is -0.102. The van der Waals surface area contributed by atoms with Gasteiger partial charge >= 0.3 is 0 Å². The van der Waals surface area contributed by atoms with E-state index in [2.05, 4.69) is 21.2 Å². The first-order valence-corrected chi connectivity index (χ1v) is 8.21. The van der Waals surface area contributed by atoms with Gasteiger partial charge in [-0.25, -0.2) is 0 Å². The number of carbonyl (C=O) groups excluding carboxylic acids is 1. The fourth-order valence-corrected chi connectivity index (χ4v) is 2.57. The predicted octanol–water partition coefficient (Wildman–Crippen LogP) is 3.45. The van der Waals surface area contributed by atoms with Gasteiger partial charge in [0.25, 0.3) is 5.91 Å². The molecule has 0 bridgehead atoms. The number of methoxy groups -OCH3 is 3. The molecule has 2 aromatic carbocycles. The number of rotatable bonds is 7. The van der Waals surface area contributed by atoms with Crippen LogP contribution < -0.4 is 19.5 Å². The Bertz CT molecular complexity index is 676. The maximum atomic E-state index is 12.1. The average Bonchev–Trinajstić information content (AvgIpc) is 2.61. The van der Waals surface area contributed by atoms with Crippen LogP contribution in [0.1, 0.15) is 15.9 Å². The molecule has 24 heavy (non-hydrogen) atoms. The topological polar surface area (TPSA) is 56.8 Å². The van der Waals surface area contributed by atoms with Crippen molar-refractivity contribution < 1.29 is 19.0 Å². The fourth-order valence-electron chi connectivity index (χ4n) is 2.30. The van der Waals surface area contributed by atoms with Crippen LogP contribution in [0.5, 0.6) is 17.2 Å². The molecule has 0 unspecified atom stereocenters. The summed E-state index contributed by atoms with van der Waals surface area (Å²) in [6, 6.07) is 11.0. The van der Waals surface area contributed by atoms with Crippen molar-refractivity contribution in [3.8, 4) is 17.2 Å². The summed E-state index contributed by atoms with van der Waals surface area (Å²) >= 11 is 3.35. The maximum Gasteiger partial charge on any atom is 0.251 e. The van der Waals surface area contributed by atoms with Gasteiger partial charge in [-0.1, -0.05) is 15.9 Å². The molecule has 0 aromatic heterocycles. The normalized spacial score (nSPS) is 10.2. The standard InChI is InChI=1S/C18H20BrNO4/c1-22-15-10-12(11-16(23-2)17(15)24-3)8-9-20-18(21)13-4-6-14(19)7-5-13/h4-7,10-11H,8-9H2,1-3H3,(H,20,21). The number of benzene rings is 2. The van der Waals surface area contributed by atoms with Crippen molar-refractivity contribution in [2.75, 3.05) is 27.9 Å². The molecule has 5 nitrogen and oxygen atoms in total. The van der Waals surface area contributed by atoms with Gasteiger partial charge in [0.15, 0.2) is 11.5 Å². The third-order valence-electron chi connectivity index (χ3n) is 3.53. The molecule has 2 rings (SSSR count). The number of ether oxygens (including phenoxy) is 3. The molecular formula is C18H20BrNO4. The quantitative estimate of drug-likeness (QED) is 0.782. The summed E-state index contributed by atoms with van der Waals surface area (Å²) in [6.07, 6.45) is 0.652. The lowest BCUT2D eigenvalue weighted by Crippen LogP contribution is -2.25. The fraction of sp³-hybridized carbons (Fsp3) is 0.278. The molecule has 0 aliphatic heterocycles. The summed E-state index contributed by atoms with van der Waals surface area (Å²) in [5.41, 5.74) is 1.61. The Labute approximate surface area is 150 Å². The molecule has 0 saturated heterocycles. The molecule has 0 saturated carbocycles. The summed E-state index contributed by atoms with van der Waals surface area (Å²) in [5, 5.41) is 2.90. The minimum Gasteiger partial charge on any atom is -0.493 e. The Balaban J connectivity index is 2.01. The van der Waals surface area contributed by atoms with E-state index in [4.69, 9.17) is 14.2 Å². The van der Waals surface area contributed by atoms with Crippen molar-refractivity contribution in [3.63, 3.8) is 0 Å². The zero-order chi connectivity index (χ0) is 17.5. The highest BCUT2D eigenvalue weighted by Crippen LogP contribution is 2.38. The highest BCUT2D eigenvalue weighted by atomic mass is 79.9. The van der Waals surface area contributed by atoms with E-state index < -0.39 is 0 Å². The lowest BCUT2D eigenvalue weighted by atomic mass is 10.1. The summed E-state index contributed by atoms with van der Waals surface area (Å²) < 4.78 is 16.9. The van der Waals surface area contributed by atoms with E-state index in [-0.39, 0.29) is 5.91 Å². The molecule has 0 atom stereocenters. The van der Waals surface area contributed by atoms with E-state index >= 15 is 0 Å². The van der Waals surface area contributed by atoms with Crippen molar-refractivity contribution >= 4 is 21.8 Å². The van der Waals surface area contributed by atoms with Gasteiger partial charge in [-0.3, -0.25) is 4.79 Å². The van der Waals surface area contributed by atoms with Gasteiger partial charge in [0.2, 0.25) is 5.75 Å². The minimum absolute atomic E-state index is 0.102. The zero-order valence-electron chi connectivity index (χ0n) is 13.9. The van der Waals surface area contributed by atoms with E-state index in [1.165, 1.54) is 0 Å². The van der Waals surface area contributed by atoms with Crippen LogP contribution in [-0.4, -0.2) is 33.8 Å². The Morgan fingerprint density at radius 2 is 1.58 bits per heavy atom. The second kappa shape index (κ2) is 8.59. The van der Waals surface area contributed by atoms with Crippen LogP contribution >= 0.6 is 15.9 Å². The molecular weight excluding hydrogens is 374 g/mol. The first-order valence-electron chi connectivity index (χ1n) is 7.41. The Hall–Kier alpha value is -2.21. The van der Waals surface area contributed by atoms with Gasteiger partial charge < -0.3 is 19.5 Å². The molecule has 128 valence electrons. The molecule has 6 heteroatoms. The van der Waals surface area contributed by atoms with Crippen molar-refractivity contribution in [1.82, 2.24) is 5.32 Å². The van der Waals surface area contributed by atoms with Crippen LogP contribution in [0.4, 0.5) is 0 Å². The van der Waals surface area contributed by atoms with E-state index in [1.54, 1.807) is 33.5 Å². The van der Waals surface area contributed by atoms with E-state index in [9.17, 15) is 4.79 Å². The molecule has 0 aliphatic carbocycles. The van der Waals surface area contributed by atoms with Crippen molar-refractivity contribution in [2.24, 2.45) is 0 Å². The van der Waals surface area contributed by atoms with Crippen molar-refractivity contribution in [3.05, 3.63) is 52.0 Å². The number of hydrogen-bond acceptors (Lipinski definition) is 4. The summed E-state index contributed by atoms with van der Waals surface area (Å²) in [6.45, 7) is 0.507. The summed E-state index contributed by atoms with van der Waals surface area (Å²) in [4.78, 5) is 12.1. The highest BCUT2D eigenvalue weighted by Gasteiger charge is 2.13. The van der Waals surface area contributed by atoms with Gasteiger partial charge in [0.05, 0.1) is 21.3 Å². The summed E-state index contributed by atoms with van der Waals surface area (Å²) in [7, 11) is 4.73. The average molecular weight is 394 g/mol. The lowest BCUT2D eigenvalue weighted by molar-refractivity contribution is 0.0954. The predicted molar refractivity (Wildman–Crippen MR) is 96.3 cm³/mol. The number of halogens is 1. The van der Waals surface area contributed by atoms with Gasteiger partial charge in [-0.05, 0) is 48.4 Å². The molecule has 2 aromatic rings. The molecule has 0 heterocycles. The number of carbonyl (C=O) groups is 1. The largest absolute Gasteiger partial charge is 0.493 e. The highest BCUT2D eigenvalue weighted by molar-refractivity contribution is 9.10. The second-order valence-electron chi connectivity index (χ2n) is 5.05. The Morgan fingerprint density at radius 1 is 1.00 bits per heavy atom. The van der Waals surface area contributed by atoms with Crippen LogP contribution in [0.15, 0.2) is 40.9 Å². The summed E-state index contributed by atoms with van der Waals surface area (Å²) in [5.74, 6) is 1.66. The lowest BCUT2D eigenvalue weighted by Gasteiger charge is -2.14.